The van der Waals surface area contributed by atoms with Gasteiger partial charge in [-0.15, -0.1) is 0 Å². The van der Waals surface area contributed by atoms with E-state index >= 15 is 0 Å². The summed E-state index contributed by atoms with van der Waals surface area (Å²) < 4.78 is 2.28. The first-order valence-electron chi connectivity index (χ1n) is 9.89. The SMILES string of the molecule is CC(C)N(C(=O)CN1CCC(Cn2cnc3ccccc32)CC1)C(C)C. The Kier molecular flexibility index (Phi) is 5.97. The number of rotatable bonds is 6. The van der Waals surface area contributed by atoms with Gasteiger partial charge in [0.25, 0.3) is 0 Å². The summed E-state index contributed by atoms with van der Waals surface area (Å²) in [6.45, 7) is 12.0. The third kappa shape index (κ3) is 4.26. The first-order chi connectivity index (χ1) is 12.5. The summed E-state index contributed by atoms with van der Waals surface area (Å²) in [5.74, 6) is 0.916. The number of nitrogens with zero attached hydrogens (tertiary/aromatic N) is 4. The van der Waals surface area contributed by atoms with Gasteiger partial charge in [0, 0.05) is 18.6 Å². The second-order valence-electron chi connectivity index (χ2n) is 8.09. The van der Waals surface area contributed by atoms with Crippen LogP contribution in [0.2, 0.25) is 0 Å². The van der Waals surface area contributed by atoms with E-state index in [9.17, 15) is 4.79 Å². The van der Waals surface area contributed by atoms with Crippen LogP contribution in [0.25, 0.3) is 11.0 Å². The molecule has 5 nitrogen and oxygen atoms in total. The van der Waals surface area contributed by atoms with Crippen molar-refractivity contribution in [1.82, 2.24) is 19.4 Å². The number of aromatic nitrogens is 2. The van der Waals surface area contributed by atoms with Crippen molar-refractivity contribution in [2.45, 2.75) is 59.2 Å². The second-order valence-corrected chi connectivity index (χ2v) is 8.09. The molecular formula is C21H32N4O. The van der Waals surface area contributed by atoms with E-state index in [4.69, 9.17) is 0 Å². The molecule has 3 rings (SSSR count). The molecule has 1 saturated heterocycles. The average Bonchev–Trinajstić information content (AvgIpc) is 2.99. The normalized spacial score (nSPS) is 16.7. The lowest BCUT2D eigenvalue weighted by molar-refractivity contribution is -0.136. The first-order valence-corrected chi connectivity index (χ1v) is 9.89. The van der Waals surface area contributed by atoms with Gasteiger partial charge in [-0.2, -0.15) is 0 Å². The lowest BCUT2D eigenvalue weighted by Gasteiger charge is -2.36. The number of fused-ring (bicyclic) bond motifs is 1. The van der Waals surface area contributed by atoms with Gasteiger partial charge in [-0.25, -0.2) is 4.98 Å². The van der Waals surface area contributed by atoms with Crippen molar-refractivity contribution in [3.8, 4) is 0 Å². The van der Waals surface area contributed by atoms with Crippen LogP contribution in [0.15, 0.2) is 30.6 Å². The lowest BCUT2D eigenvalue weighted by Crippen LogP contribution is -2.48. The van der Waals surface area contributed by atoms with E-state index in [1.807, 2.05) is 17.3 Å². The summed E-state index contributed by atoms with van der Waals surface area (Å²) in [7, 11) is 0. The summed E-state index contributed by atoms with van der Waals surface area (Å²) in [4.78, 5) is 21.5. The van der Waals surface area contributed by atoms with Crippen LogP contribution in [0.5, 0.6) is 0 Å². The van der Waals surface area contributed by atoms with Crippen molar-refractivity contribution in [3.63, 3.8) is 0 Å². The Morgan fingerprint density at radius 3 is 2.46 bits per heavy atom. The highest BCUT2D eigenvalue weighted by Crippen LogP contribution is 2.22. The Bertz CT molecular complexity index is 720. The van der Waals surface area contributed by atoms with Gasteiger partial charge in [0.1, 0.15) is 0 Å². The van der Waals surface area contributed by atoms with Crippen molar-refractivity contribution in [2.75, 3.05) is 19.6 Å². The van der Waals surface area contributed by atoms with Crippen molar-refractivity contribution < 1.29 is 4.79 Å². The van der Waals surface area contributed by atoms with E-state index in [2.05, 4.69) is 60.3 Å². The van der Waals surface area contributed by atoms with Crippen LogP contribution in [0, 0.1) is 5.92 Å². The molecule has 1 fully saturated rings. The topological polar surface area (TPSA) is 41.4 Å². The number of hydrogen-bond acceptors (Lipinski definition) is 3. The molecule has 0 spiro atoms. The van der Waals surface area contributed by atoms with Gasteiger partial charge >= 0.3 is 0 Å². The maximum atomic E-state index is 12.7. The van der Waals surface area contributed by atoms with Gasteiger partial charge < -0.3 is 9.47 Å². The van der Waals surface area contributed by atoms with Crippen LogP contribution in [-0.2, 0) is 11.3 Å². The molecule has 1 aromatic carbocycles. The van der Waals surface area contributed by atoms with Gasteiger partial charge in [-0.05, 0) is 71.7 Å². The fourth-order valence-corrected chi connectivity index (χ4v) is 4.21. The van der Waals surface area contributed by atoms with E-state index < -0.39 is 0 Å². The average molecular weight is 357 g/mol. The lowest BCUT2D eigenvalue weighted by atomic mass is 9.96. The van der Waals surface area contributed by atoms with E-state index in [1.165, 1.54) is 5.52 Å². The van der Waals surface area contributed by atoms with Gasteiger partial charge in [0.05, 0.1) is 23.9 Å². The molecule has 0 N–H and O–H groups in total. The predicted molar refractivity (Wildman–Crippen MR) is 106 cm³/mol. The molecule has 26 heavy (non-hydrogen) atoms. The number of benzene rings is 1. The molecule has 1 aliphatic rings. The molecule has 1 amide bonds. The number of imidazole rings is 1. The van der Waals surface area contributed by atoms with Crippen molar-refractivity contribution in [1.29, 1.82) is 0 Å². The van der Waals surface area contributed by atoms with Crippen LogP contribution in [0.4, 0.5) is 0 Å². The number of carbonyl (C=O) groups excluding carboxylic acids is 1. The van der Waals surface area contributed by atoms with Gasteiger partial charge in [-0.3, -0.25) is 9.69 Å². The molecular weight excluding hydrogens is 324 g/mol. The van der Waals surface area contributed by atoms with Crippen LogP contribution < -0.4 is 0 Å². The minimum absolute atomic E-state index is 0.258. The highest BCUT2D eigenvalue weighted by molar-refractivity contribution is 5.79. The van der Waals surface area contributed by atoms with Crippen LogP contribution in [0.3, 0.4) is 0 Å². The molecule has 0 unspecified atom stereocenters. The number of carbonyl (C=O) groups is 1. The minimum atomic E-state index is 0.258. The Hall–Kier alpha value is -1.88. The molecule has 2 heterocycles. The summed E-state index contributed by atoms with van der Waals surface area (Å²) in [6, 6.07) is 8.83. The van der Waals surface area contributed by atoms with E-state index in [-0.39, 0.29) is 18.0 Å². The number of piperidine rings is 1. The zero-order valence-electron chi connectivity index (χ0n) is 16.6. The highest BCUT2D eigenvalue weighted by atomic mass is 16.2. The summed E-state index contributed by atoms with van der Waals surface area (Å²) >= 11 is 0. The number of likely N-dealkylation sites (tertiary alicyclic amines) is 1. The van der Waals surface area contributed by atoms with Gasteiger partial charge in [0.2, 0.25) is 5.91 Å². The molecule has 0 atom stereocenters. The molecule has 2 aromatic rings. The molecule has 0 radical (unpaired) electrons. The van der Waals surface area contributed by atoms with E-state index in [0.717, 1.165) is 38.0 Å². The smallest absolute Gasteiger partial charge is 0.237 e. The van der Waals surface area contributed by atoms with Crippen LogP contribution >= 0.6 is 0 Å². The quantitative estimate of drug-likeness (QED) is 0.797. The standard InChI is InChI=1S/C21H32N4O/c1-16(2)25(17(3)4)21(26)14-23-11-9-18(10-12-23)13-24-15-22-19-7-5-6-8-20(19)24/h5-8,15-18H,9-14H2,1-4H3. The van der Waals surface area contributed by atoms with Crippen LogP contribution in [0.1, 0.15) is 40.5 Å². The van der Waals surface area contributed by atoms with E-state index in [1.54, 1.807) is 0 Å². The third-order valence-corrected chi connectivity index (χ3v) is 5.45. The Morgan fingerprint density at radius 1 is 1.15 bits per heavy atom. The van der Waals surface area contributed by atoms with Crippen molar-refractivity contribution in [2.24, 2.45) is 5.92 Å². The van der Waals surface area contributed by atoms with Crippen LogP contribution in [-0.4, -0.2) is 57.0 Å². The zero-order valence-corrected chi connectivity index (χ0v) is 16.6. The fraction of sp³-hybridized carbons (Fsp3) is 0.619. The predicted octanol–water partition coefficient (Wildman–Crippen LogP) is 3.39. The Morgan fingerprint density at radius 2 is 1.81 bits per heavy atom. The Balaban J connectivity index is 1.52. The monoisotopic (exact) mass is 356 g/mol. The fourth-order valence-electron chi connectivity index (χ4n) is 4.21. The zero-order chi connectivity index (χ0) is 18.7. The molecule has 5 heteroatoms. The molecule has 0 bridgehead atoms. The second kappa shape index (κ2) is 8.21. The number of para-hydroxylation sites is 2. The maximum Gasteiger partial charge on any atom is 0.237 e. The summed E-state index contributed by atoms with van der Waals surface area (Å²) in [5, 5.41) is 0. The summed E-state index contributed by atoms with van der Waals surface area (Å²) in [6.07, 6.45) is 4.25. The highest BCUT2D eigenvalue weighted by Gasteiger charge is 2.25. The molecule has 0 aliphatic carbocycles. The first kappa shape index (κ1) is 18.9. The van der Waals surface area contributed by atoms with E-state index in [0.29, 0.717) is 12.5 Å². The van der Waals surface area contributed by atoms with Crippen molar-refractivity contribution >= 4 is 16.9 Å². The maximum absolute atomic E-state index is 12.7. The van der Waals surface area contributed by atoms with Crippen molar-refractivity contribution in [3.05, 3.63) is 30.6 Å². The minimum Gasteiger partial charge on any atom is -0.337 e. The number of amides is 1. The van der Waals surface area contributed by atoms with Gasteiger partial charge in [0.15, 0.2) is 0 Å². The molecule has 1 aromatic heterocycles. The molecule has 142 valence electrons. The largest absolute Gasteiger partial charge is 0.337 e. The Labute approximate surface area is 157 Å². The third-order valence-electron chi connectivity index (χ3n) is 5.45. The molecule has 0 saturated carbocycles. The summed E-state index contributed by atoms with van der Waals surface area (Å²) in [5.41, 5.74) is 2.28. The number of hydrogen-bond donors (Lipinski definition) is 0. The van der Waals surface area contributed by atoms with Gasteiger partial charge in [-0.1, -0.05) is 12.1 Å². The molecule has 1 aliphatic heterocycles.